The fraction of sp³-hybridized carbons (Fsp3) is 0.333. The minimum Gasteiger partial charge on any atom is -0.357 e. The predicted octanol–water partition coefficient (Wildman–Crippen LogP) is 2.10. The second-order valence-electron chi connectivity index (χ2n) is 3.56. The van der Waals surface area contributed by atoms with Crippen LogP contribution < -0.4 is 5.32 Å². The van der Waals surface area contributed by atoms with Crippen molar-refractivity contribution in [2.24, 2.45) is 7.05 Å². The minimum absolute atomic E-state index is 0.0750. The number of nitrogens with zero attached hydrogens (tertiary/aromatic N) is 5. The molecule has 0 aromatic carbocycles. The Bertz CT molecular complexity index is 589. The Labute approximate surface area is 114 Å². The summed E-state index contributed by atoms with van der Waals surface area (Å²) in [4.78, 5) is 7.36. The molecule has 0 saturated carbocycles. The van der Waals surface area contributed by atoms with Crippen LogP contribution in [0.4, 0.5) is 19.1 Å². The van der Waals surface area contributed by atoms with Gasteiger partial charge in [-0.3, -0.25) is 0 Å². The van der Waals surface area contributed by atoms with E-state index in [1.165, 1.54) is 11.7 Å². The van der Waals surface area contributed by atoms with Gasteiger partial charge in [0, 0.05) is 14.1 Å². The first kappa shape index (κ1) is 13.7. The van der Waals surface area contributed by atoms with Gasteiger partial charge >= 0.3 is 6.18 Å². The van der Waals surface area contributed by atoms with E-state index in [9.17, 15) is 13.2 Å². The zero-order valence-electron chi connectivity index (χ0n) is 9.83. The van der Waals surface area contributed by atoms with Crippen LogP contribution >= 0.6 is 15.9 Å². The van der Waals surface area contributed by atoms with E-state index in [4.69, 9.17) is 0 Å². The Balaban J connectivity index is 2.64. The van der Waals surface area contributed by atoms with Crippen molar-refractivity contribution in [3.8, 4) is 11.4 Å². The van der Waals surface area contributed by atoms with E-state index in [0.717, 1.165) is 6.07 Å². The smallest absolute Gasteiger partial charge is 0.357 e. The Morgan fingerprint density at radius 1 is 1.32 bits per heavy atom. The third kappa shape index (κ3) is 2.67. The predicted molar refractivity (Wildman–Crippen MR) is 64.3 cm³/mol. The van der Waals surface area contributed by atoms with Gasteiger partial charge in [-0.2, -0.15) is 13.2 Å². The molecule has 0 aliphatic heterocycles. The maximum atomic E-state index is 12.8. The fourth-order valence-corrected chi connectivity index (χ4v) is 1.96. The molecule has 2 heterocycles. The van der Waals surface area contributed by atoms with E-state index in [0.29, 0.717) is 10.3 Å². The van der Waals surface area contributed by atoms with Gasteiger partial charge in [0.25, 0.3) is 0 Å². The first-order valence-electron chi connectivity index (χ1n) is 5.02. The van der Waals surface area contributed by atoms with Crippen molar-refractivity contribution >= 4 is 21.9 Å². The standard InChI is InChI=1S/C9H8BrF3N6/c1-14-8-15-4(3-5(16-8)9(11,12)13)6-7(10)17-18-19(6)2/h3H,1-2H3,(H,14,15,16). The number of alkyl halides is 3. The summed E-state index contributed by atoms with van der Waals surface area (Å²) in [7, 11) is 3.00. The molecule has 2 rings (SSSR count). The number of rotatable bonds is 2. The van der Waals surface area contributed by atoms with E-state index in [-0.39, 0.29) is 11.6 Å². The molecule has 0 unspecified atom stereocenters. The molecule has 0 spiro atoms. The molecule has 2 aromatic heterocycles. The van der Waals surface area contributed by atoms with Gasteiger partial charge in [-0.05, 0) is 22.0 Å². The van der Waals surface area contributed by atoms with Crippen LogP contribution in [0, 0.1) is 0 Å². The first-order valence-corrected chi connectivity index (χ1v) is 5.82. The number of hydrogen-bond acceptors (Lipinski definition) is 5. The molecule has 6 nitrogen and oxygen atoms in total. The van der Waals surface area contributed by atoms with Crippen LogP contribution in [0.3, 0.4) is 0 Å². The van der Waals surface area contributed by atoms with Gasteiger partial charge in [-0.25, -0.2) is 14.6 Å². The Morgan fingerprint density at radius 2 is 2.00 bits per heavy atom. The highest BCUT2D eigenvalue weighted by Crippen LogP contribution is 2.32. The van der Waals surface area contributed by atoms with Crippen LogP contribution in [0.15, 0.2) is 10.7 Å². The Hall–Kier alpha value is -1.71. The number of anilines is 1. The Kier molecular flexibility index (Phi) is 3.43. The lowest BCUT2D eigenvalue weighted by molar-refractivity contribution is -0.141. The van der Waals surface area contributed by atoms with Crippen LogP contribution in [0.2, 0.25) is 0 Å². The first-order chi connectivity index (χ1) is 8.82. The van der Waals surface area contributed by atoms with E-state index in [1.807, 2.05) is 0 Å². The van der Waals surface area contributed by atoms with Crippen molar-refractivity contribution < 1.29 is 13.2 Å². The molecule has 0 aliphatic rings. The molecule has 1 N–H and O–H groups in total. The van der Waals surface area contributed by atoms with E-state index in [1.54, 1.807) is 7.05 Å². The lowest BCUT2D eigenvalue weighted by Gasteiger charge is -2.10. The molecule has 10 heteroatoms. The molecule has 0 atom stereocenters. The summed E-state index contributed by atoms with van der Waals surface area (Å²) < 4.78 is 39.9. The van der Waals surface area contributed by atoms with Crippen LogP contribution in [-0.4, -0.2) is 32.0 Å². The molecule has 0 bridgehead atoms. The maximum absolute atomic E-state index is 12.8. The summed E-state index contributed by atoms with van der Waals surface area (Å²) in [6, 6.07) is 0.851. The quantitative estimate of drug-likeness (QED) is 0.909. The highest BCUT2D eigenvalue weighted by molar-refractivity contribution is 9.10. The number of halogens is 4. The zero-order valence-corrected chi connectivity index (χ0v) is 11.4. The molecule has 0 fully saturated rings. The molecular formula is C9H8BrF3N6. The second-order valence-corrected chi connectivity index (χ2v) is 4.31. The molecule has 0 radical (unpaired) electrons. The summed E-state index contributed by atoms with van der Waals surface area (Å²) in [5.74, 6) is -0.127. The molecule has 2 aromatic rings. The normalized spacial score (nSPS) is 11.7. The SMILES string of the molecule is CNc1nc(-c2c(Br)nnn2C)cc(C(F)(F)F)n1. The average Bonchev–Trinajstić information content (AvgIpc) is 2.67. The monoisotopic (exact) mass is 336 g/mol. The van der Waals surface area contributed by atoms with E-state index >= 15 is 0 Å². The van der Waals surface area contributed by atoms with Gasteiger partial charge in [-0.1, -0.05) is 5.21 Å². The molecular weight excluding hydrogens is 329 g/mol. The molecule has 0 aliphatic carbocycles. The molecule has 0 saturated heterocycles. The number of aryl methyl sites for hydroxylation is 1. The number of nitrogens with one attached hydrogen (secondary N) is 1. The minimum atomic E-state index is -4.55. The highest BCUT2D eigenvalue weighted by atomic mass is 79.9. The van der Waals surface area contributed by atoms with Crippen molar-refractivity contribution in [1.82, 2.24) is 25.0 Å². The second kappa shape index (κ2) is 4.76. The van der Waals surface area contributed by atoms with Gasteiger partial charge in [0.05, 0.1) is 5.69 Å². The summed E-state index contributed by atoms with van der Waals surface area (Å²) in [6.45, 7) is 0. The van der Waals surface area contributed by atoms with Crippen molar-refractivity contribution in [2.75, 3.05) is 12.4 Å². The zero-order chi connectivity index (χ0) is 14.2. The fourth-order valence-electron chi connectivity index (χ4n) is 1.43. The molecule has 0 amide bonds. The summed E-state index contributed by atoms with van der Waals surface area (Å²) >= 11 is 3.12. The van der Waals surface area contributed by atoms with Crippen LogP contribution in [-0.2, 0) is 13.2 Å². The topological polar surface area (TPSA) is 68.5 Å². The maximum Gasteiger partial charge on any atom is 0.433 e. The van der Waals surface area contributed by atoms with Crippen molar-refractivity contribution in [2.45, 2.75) is 6.18 Å². The van der Waals surface area contributed by atoms with Gasteiger partial charge in [-0.15, -0.1) is 5.10 Å². The lowest BCUT2D eigenvalue weighted by Crippen LogP contribution is -2.12. The van der Waals surface area contributed by atoms with Crippen molar-refractivity contribution in [1.29, 1.82) is 0 Å². The van der Waals surface area contributed by atoms with Crippen LogP contribution in [0.1, 0.15) is 5.69 Å². The van der Waals surface area contributed by atoms with Crippen molar-refractivity contribution in [3.63, 3.8) is 0 Å². The average molecular weight is 337 g/mol. The number of hydrogen-bond donors (Lipinski definition) is 1. The third-order valence-corrected chi connectivity index (χ3v) is 2.80. The third-order valence-electron chi connectivity index (χ3n) is 2.27. The summed E-state index contributed by atoms with van der Waals surface area (Å²) in [5.41, 5.74) is -0.620. The molecule has 19 heavy (non-hydrogen) atoms. The van der Waals surface area contributed by atoms with Gasteiger partial charge in [0.2, 0.25) is 5.95 Å². The Morgan fingerprint density at radius 3 is 2.47 bits per heavy atom. The van der Waals surface area contributed by atoms with Crippen molar-refractivity contribution in [3.05, 3.63) is 16.4 Å². The summed E-state index contributed by atoms with van der Waals surface area (Å²) in [6.07, 6.45) is -4.55. The van der Waals surface area contributed by atoms with E-state index in [2.05, 4.69) is 41.5 Å². The largest absolute Gasteiger partial charge is 0.433 e. The molecule has 102 valence electrons. The summed E-state index contributed by atoms with van der Waals surface area (Å²) in [5, 5.41) is 9.90. The number of aromatic nitrogens is 5. The van der Waals surface area contributed by atoms with Gasteiger partial charge in [0.15, 0.2) is 10.3 Å². The van der Waals surface area contributed by atoms with Crippen LogP contribution in [0.5, 0.6) is 0 Å². The van der Waals surface area contributed by atoms with Gasteiger partial charge < -0.3 is 5.32 Å². The van der Waals surface area contributed by atoms with Gasteiger partial charge in [0.1, 0.15) is 5.69 Å². The lowest BCUT2D eigenvalue weighted by atomic mass is 10.2. The van der Waals surface area contributed by atoms with E-state index < -0.39 is 11.9 Å². The van der Waals surface area contributed by atoms with Crippen LogP contribution in [0.25, 0.3) is 11.4 Å². The highest BCUT2D eigenvalue weighted by Gasteiger charge is 2.34.